The first-order chi connectivity index (χ1) is 52.3. The standard InChI is InChI=1S/C12H16O2.C11H16O2.2C11H16.3C10H11F3O.C9H10F2.C9H11F.9CH4/c1-4-14-12(13)11-8-6-5-7-10(11)9(2)3;1-8(2)11-9(12-3)6-5-7-10(11)13-4;1-9(2)8-11-6-4-10(3)5-7-11;1-10(2)8-9-11-6-4-3-5-7-11;1-7(2)8-3-5-9(6-4-8)14-10(11,12)13;1-7(2)8-4-3-5-9(6-8)14-10(11,12)13;1-7(2)8-5-3-4-6-9(8)14-10(11,12)13;1-6(2)7-3-4-8(10)9(11)5-7;1-7(2)8-5-3-4-6-9(8)10;;;;;;;;;/h5-9H,4H2,1-3H3;5-8H,1-4H3;4-7,9H,8H2,1-3H3;3-7,10H,8-9H2,1-2H3;3*3-7H,1-2H3;3-6H,1-2H3;3-7H,1-2H3;9*1H4. The molecule has 9 aromatic rings. The maximum absolute atomic E-state index is 12.8. The molecule has 121 heavy (non-hydrogen) atoms. The first-order valence-electron chi connectivity index (χ1n) is 37.6. The van der Waals surface area contributed by atoms with Gasteiger partial charge in [-0.15, -0.1) is 39.5 Å². The van der Waals surface area contributed by atoms with Crippen LogP contribution in [0.15, 0.2) is 212 Å². The van der Waals surface area contributed by atoms with Crippen LogP contribution in [0, 0.1) is 36.2 Å². The first-order valence-corrected chi connectivity index (χ1v) is 37.6. The summed E-state index contributed by atoms with van der Waals surface area (Å²) in [6, 6.07) is 61.9. The quantitative estimate of drug-likeness (QED) is 0.0590. The van der Waals surface area contributed by atoms with Gasteiger partial charge in [0.15, 0.2) is 11.6 Å². The van der Waals surface area contributed by atoms with Crippen molar-refractivity contribution in [3.63, 3.8) is 0 Å². The lowest BCUT2D eigenvalue weighted by atomic mass is 9.97. The molecule has 0 aliphatic carbocycles. The Morgan fingerprint density at radius 3 is 1.15 bits per heavy atom. The highest BCUT2D eigenvalue weighted by Crippen LogP contribution is 2.35. The van der Waals surface area contributed by atoms with Crippen LogP contribution < -0.4 is 23.7 Å². The number of para-hydroxylation sites is 1. The molecule has 19 heteroatoms. The number of halogens is 12. The number of carbonyl (C=O) groups excluding carboxylic acids is 1. The third kappa shape index (κ3) is 56.8. The molecule has 0 heterocycles. The smallest absolute Gasteiger partial charge is 0.496 e. The van der Waals surface area contributed by atoms with Crippen LogP contribution in [-0.2, 0) is 17.6 Å². The maximum Gasteiger partial charge on any atom is 0.573 e. The van der Waals surface area contributed by atoms with E-state index in [1.54, 1.807) is 62.8 Å². The van der Waals surface area contributed by atoms with Crippen LogP contribution >= 0.6 is 0 Å². The number of rotatable bonds is 19. The number of carbonyl (C=O) groups is 1. The molecule has 9 aromatic carbocycles. The molecule has 0 fully saturated rings. The topological polar surface area (TPSA) is 72.5 Å². The largest absolute Gasteiger partial charge is 0.573 e. The molecular formula is C102H154F12O7. The van der Waals surface area contributed by atoms with Crippen molar-refractivity contribution in [1.29, 1.82) is 0 Å². The number of methoxy groups -OCH3 is 2. The summed E-state index contributed by atoms with van der Waals surface area (Å²) in [4.78, 5) is 11.5. The molecule has 0 aromatic heterocycles. The fourth-order valence-corrected chi connectivity index (χ4v) is 10.3. The Kier molecular flexibility index (Phi) is 72.0. The van der Waals surface area contributed by atoms with Crippen molar-refractivity contribution in [2.75, 3.05) is 20.8 Å². The van der Waals surface area contributed by atoms with Gasteiger partial charge < -0.3 is 28.4 Å². The minimum atomic E-state index is -4.62. The fraction of sp³-hybridized carbons (Fsp3) is 0.461. The summed E-state index contributed by atoms with van der Waals surface area (Å²) < 4.78 is 172. The van der Waals surface area contributed by atoms with Crippen molar-refractivity contribution < 1.29 is 85.9 Å². The number of hydrogen-bond acceptors (Lipinski definition) is 7. The second-order valence-corrected chi connectivity index (χ2v) is 29.0. The van der Waals surface area contributed by atoms with E-state index in [1.165, 1.54) is 84.5 Å². The predicted octanol–water partition coefficient (Wildman–Crippen LogP) is 35.2. The van der Waals surface area contributed by atoms with Gasteiger partial charge in [0.25, 0.3) is 0 Å². The zero-order valence-corrected chi connectivity index (χ0v) is 69.1. The van der Waals surface area contributed by atoms with E-state index in [2.05, 4.69) is 131 Å². The highest BCUT2D eigenvalue weighted by molar-refractivity contribution is 5.91. The van der Waals surface area contributed by atoms with E-state index < -0.39 is 30.7 Å². The fourth-order valence-electron chi connectivity index (χ4n) is 10.3. The van der Waals surface area contributed by atoms with Gasteiger partial charge in [0.1, 0.15) is 34.6 Å². The van der Waals surface area contributed by atoms with Crippen molar-refractivity contribution in [3.05, 3.63) is 291 Å². The van der Waals surface area contributed by atoms with Gasteiger partial charge in [-0.1, -0.05) is 343 Å². The summed E-state index contributed by atoms with van der Waals surface area (Å²) in [5, 5.41) is 0. The number of aryl methyl sites for hydroxylation is 2. The Hall–Kier alpha value is -9.39. The Morgan fingerprint density at radius 2 is 0.744 bits per heavy atom. The second kappa shape index (κ2) is 67.2. The second-order valence-electron chi connectivity index (χ2n) is 29.0. The van der Waals surface area contributed by atoms with Gasteiger partial charge in [-0.05, 0) is 198 Å². The molecule has 0 bridgehead atoms. The van der Waals surface area contributed by atoms with Crippen molar-refractivity contribution in [2.45, 2.75) is 285 Å². The lowest BCUT2D eigenvalue weighted by molar-refractivity contribution is -0.275. The van der Waals surface area contributed by atoms with E-state index in [4.69, 9.17) is 14.2 Å². The normalized spacial score (nSPS) is 10.1. The van der Waals surface area contributed by atoms with E-state index in [0.29, 0.717) is 35.5 Å². The average Bonchev–Trinajstić information content (AvgIpc) is 0.840. The van der Waals surface area contributed by atoms with Gasteiger partial charge in [0.05, 0.1) is 26.4 Å². The van der Waals surface area contributed by atoms with Crippen molar-refractivity contribution in [1.82, 2.24) is 0 Å². The third-order valence-electron chi connectivity index (χ3n) is 16.2. The number of esters is 1. The molecule has 0 saturated heterocycles. The third-order valence-corrected chi connectivity index (χ3v) is 16.2. The maximum atomic E-state index is 12.8. The van der Waals surface area contributed by atoms with Gasteiger partial charge in [0.2, 0.25) is 0 Å². The zero-order chi connectivity index (χ0) is 85.1. The molecule has 0 saturated carbocycles. The molecule has 0 aliphatic rings. The number of benzene rings is 9. The van der Waals surface area contributed by atoms with Crippen molar-refractivity contribution >= 4 is 5.97 Å². The van der Waals surface area contributed by atoms with Crippen LogP contribution in [0.3, 0.4) is 0 Å². The van der Waals surface area contributed by atoms with Gasteiger partial charge in [-0.2, -0.15) is 0 Å². The summed E-state index contributed by atoms with van der Waals surface area (Å²) in [5.74, 6) is 2.81. The van der Waals surface area contributed by atoms with Crippen molar-refractivity contribution in [2.24, 2.45) is 11.8 Å². The highest BCUT2D eigenvalue weighted by atomic mass is 19.4. The van der Waals surface area contributed by atoms with Crippen LogP contribution in [0.1, 0.15) is 312 Å². The monoisotopic (exact) mass is 1720 g/mol. The van der Waals surface area contributed by atoms with Gasteiger partial charge in [0, 0.05) is 5.56 Å². The molecule has 0 unspecified atom stereocenters. The van der Waals surface area contributed by atoms with Crippen LogP contribution in [0.4, 0.5) is 52.7 Å². The molecule has 688 valence electrons. The first kappa shape index (κ1) is 130. The summed E-state index contributed by atoms with van der Waals surface area (Å²) >= 11 is 0. The van der Waals surface area contributed by atoms with Gasteiger partial charge in [-0.25, -0.2) is 18.0 Å². The molecular weight excluding hydrogens is 1570 g/mol. The lowest BCUT2D eigenvalue weighted by Gasteiger charge is -2.15. The molecule has 0 atom stereocenters. The van der Waals surface area contributed by atoms with Crippen LogP contribution in [0.2, 0.25) is 0 Å². The molecule has 0 aliphatic heterocycles. The number of ether oxygens (including phenoxy) is 6. The lowest BCUT2D eigenvalue weighted by Crippen LogP contribution is -2.18. The highest BCUT2D eigenvalue weighted by Gasteiger charge is 2.33. The van der Waals surface area contributed by atoms with Gasteiger partial charge >= 0.3 is 25.1 Å². The molecule has 9 rings (SSSR count). The summed E-state index contributed by atoms with van der Waals surface area (Å²) in [6.45, 7) is 41.0. The van der Waals surface area contributed by atoms with E-state index in [-0.39, 0.29) is 120 Å². The minimum absolute atomic E-state index is 0. The average molecular weight is 1720 g/mol. The Morgan fingerprint density at radius 1 is 0.339 bits per heavy atom. The SMILES string of the molecule is C.C.C.C.C.C.C.C.C.CC(C)CCc1ccccc1.CC(C)c1ccc(F)c(F)c1.CC(C)c1ccc(OC(F)(F)F)cc1.CC(C)c1cccc(OC(F)(F)F)c1.CC(C)c1ccccc1F.CC(C)c1ccccc1OC(F)(F)F.CCOC(=O)c1ccccc1C(C)C.COc1cccc(OC)c1C(C)C.Cc1ccc(CC(C)C)cc1. The Labute approximate surface area is 725 Å². The summed E-state index contributed by atoms with van der Waals surface area (Å²) in [5.41, 5.74) is 11.1. The Balaban J connectivity index is -0.000000165. The van der Waals surface area contributed by atoms with E-state index in [9.17, 15) is 57.5 Å². The minimum Gasteiger partial charge on any atom is -0.496 e. The van der Waals surface area contributed by atoms with Crippen LogP contribution in [0.25, 0.3) is 0 Å². The molecule has 0 spiro atoms. The van der Waals surface area contributed by atoms with Crippen LogP contribution in [-0.4, -0.2) is 45.9 Å². The van der Waals surface area contributed by atoms with E-state index in [0.717, 1.165) is 62.8 Å². The number of alkyl halides is 9. The predicted molar refractivity (Wildman–Crippen MR) is 493 cm³/mol. The van der Waals surface area contributed by atoms with Gasteiger partial charge in [-0.3, -0.25) is 0 Å². The zero-order valence-electron chi connectivity index (χ0n) is 69.1. The molecule has 0 N–H and O–H groups in total. The summed E-state index contributed by atoms with van der Waals surface area (Å²) in [6.07, 6.45) is -10.1. The van der Waals surface area contributed by atoms with E-state index in [1.807, 2.05) is 131 Å². The number of hydrogen-bond donors (Lipinski definition) is 0. The molecule has 0 radical (unpaired) electrons. The molecule has 0 amide bonds. The van der Waals surface area contributed by atoms with Crippen LogP contribution in [0.5, 0.6) is 28.7 Å². The molecule has 7 nitrogen and oxygen atoms in total. The van der Waals surface area contributed by atoms with Crippen molar-refractivity contribution in [3.8, 4) is 28.7 Å². The van der Waals surface area contributed by atoms with E-state index >= 15 is 0 Å². The Bertz CT molecular complexity index is 3990. The summed E-state index contributed by atoms with van der Waals surface area (Å²) in [7, 11) is 3.36.